The van der Waals surface area contributed by atoms with Gasteiger partial charge >= 0.3 is 0 Å². The third-order valence-electron chi connectivity index (χ3n) is 1.86. The molecule has 0 saturated carbocycles. The van der Waals surface area contributed by atoms with E-state index >= 15 is 0 Å². The van der Waals surface area contributed by atoms with E-state index in [2.05, 4.69) is 6.07 Å². The molecule has 2 rings (SSSR count). The highest BCUT2D eigenvalue weighted by molar-refractivity contribution is 7.20. The van der Waals surface area contributed by atoms with Crippen LogP contribution in [-0.4, -0.2) is 7.11 Å². The van der Waals surface area contributed by atoms with Gasteiger partial charge in [0, 0.05) is 10.1 Å². The van der Waals surface area contributed by atoms with Crippen molar-refractivity contribution in [1.29, 1.82) is 5.26 Å². The number of fused-ring (bicyclic) bond motifs is 1. The maximum absolute atomic E-state index is 8.83. The number of thiophene rings is 1. The maximum atomic E-state index is 8.83. The van der Waals surface area contributed by atoms with E-state index in [1.807, 2.05) is 24.3 Å². The van der Waals surface area contributed by atoms with E-state index in [0.717, 1.165) is 10.1 Å². The number of nitriles is 1. The second kappa shape index (κ2) is 3.08. The fourth-order valence-electron chi connectivity index (χ4n) is 1.30. The normalized spacial score (nSPS) is 9.85. The van der Waals surface area contributed by atoms with E-state index < -0.39 is 0 Å². The molecule has 2 nitrogen and oxygen atoms in total. The van der Waals surface area contributed by atoms with E-state index in [1.165, 1.54) is 11.3 Å². The lowest BCUT2D eigenvalue weighted by Crippen LogP contribution is -1.81. The smallest absolute Gasteiger partial charge is 0.155 e. The summed E-state index contributed by atoms with van der Waals surface area (Å²) in [6, 6.07) is 9.98. The zero-order valence-corrected chi connectivity index (χ0v) is 7.89. The summed E-state index contributed by atoms with van der Waals surface area (Å²) in [5.74, 6) is 0.697. The second-order valence-electron chi connectivity index (χ2n) is 2.57. The monoisotopic (exact) mass is 189 g/mol. The highest BCUT2D eigenvalue weighted by Gasteiger charge is 2.10. The molecule has 0 N–H and O–H groups in total. The molecule has 0 spiro atoms. The Morgan fingerprint density at radius 1 is 1.38 bits per heavy atom. The van der Waals surface area contributed by atoms with Crippen LogP contribution in [0.3, 0.4) is 0 Å². The van der Waals surface area contributed by atoms with E-state index in [0.29, 0.717) is 10.6 Å². The number of ether oxygens (including phenoxy) is 1. The van der Waals surface area contributed by atoms with Crippen molar-refractivity contribution in [3.8, 4) is 11.8 Å². The van der Waals surface area contributed by atoms with Gasteiger partial charge in [-0.05, 0) is 12.1 Å². The van der Waals surface area contributed by atoms with Gasteiger partial charge in [0.2, 0.25) is 0 Å². The fourth-order valence-corrected chi connectivity index (χ4v) is 2.27. The van der Waals surface area contributed by atoms with Crippen LogP contribution in [0.4, 0.5) is 0 Å². The largest absolute Gasteiger partial charge is 0.494 e. The molecule has 3 heteroatoms. The third-order valence-corrected chi connectivity index (χ3v) is 2.91. The summed E-state index contributed by atoms with van der Waals surface area (Å²) >= 11 is 1.46. The van der Waals surface area contributed by atoms with Gasteiger partial charge in [0.15, 0.2) is 5.75 Å². The average Bonchev–Trinajstić information content (AvgIpc) is 2.55. The van der Waals surface area contributed by atoms with E-state index in [4.69, 9.17) is 10.00 Å². The Balaban J connectivity index is 2.83. The topological polar surface area (TPSA) is 33.0 Å². The third kappa shape index (κ3) is 1.16. The molecule has 0 aliphatic rings. The van der Waals surface area contributed by atoms with Crippen molar-refractivity contribution in [2.45, 2.75) is 0 Å². The average molecular weight is 189 g/mol. The predicted molar refractivity (Wildman–Crippen MR) is 53.1 cm³/mol. The quantitative estimate of drug-likeness (QED) is 0.691. The van der Waals surface area contributed by atoms with E-state index in [1.54, 1.807) is 7.11 Å². The van der Waals surface area contributed by atoms with Gasteiger partial charge in [-0.2, -0.15) is 5.26 Å². The highest BCUT2D eigenvalue weighted by atomic mass is 32.1. The molecule has 0 aliphatic carbocycles. The van der Waals surface area contributed by atoms with Crippen LogP contribution in [-0.2, 0) is 0 Å². The summed E-state index contributed by atoms with van der Waals surface area (Å²) in [5, 5.41) is 9.85. The van der Waals surface area contributed by atoms with Crippen LogP contribution in [0.1, 0.15) is 4.88 Å². The minimum Gasteiger partial charge on any atom is -0.494 e. The number of rotatable bonds is 1. The molecule has 0 fully saturated rings. The van der Waals surface area contributed by atoms with E-state index in [9.17, 15) is 0 Å². The van der Waals surface area contributed by atoms with Crippen LogP contribution in [0.25, 0.3) is 10.1 Å². The molecule has 0 aliphatic heterocycles. The van der Waals surface area contributed by atoms with Gasteiger partial charge in [-0.3, -0.25) is 0 Å². The molecule has 0 atom stereocenters. The molecular formula is C10H7NOS. The summed E-state index contributed by atoms with van der Waals surface area (Å²) in [6.07, 6.45) is 0. The molecule has 0 saturated heterocycles. The van der Waals surface area contributed by atoms with Crippen molar-refractivity contribution in [2.24, 2.45) is 0 Å². The molecule has 0 bridgehead atoms. The molecule has 2 aromatic rings. The Hall–Kier alpha value is -1.53. The number of benzene rings is 1. The minimum absolute atomic E-state index is 0.642. The predicted octanol–water partition coefficient (Wildman–Crippen LogP) is 2.78. The highest BCUT2D eigenvalue weighted by Crippen LogP contribution is 2.36. The maximum Gasteiger partial charge on any atom is 0.155 e. The molecule has 13 heavy (non-hydrogen) atoms. The van der Waals surface area contributed by atoms with Crippen LogP contribution >= 0.6 is 11.3 Å². The molecule has 1 aromatic carbocycles. The van der Waals surface area contributed by atoms with Gasteiger partial charge in [-0.1, -0.05) is 12.1 Å². The summed E-state index contributed by atoms with van der Waals surface area (Å²) in [7, 11) is 1.59. The van der Waals surface area contributed by atoms with Crippen molar-refractivity contribution in [1.82, 2.24) is 0 Å². The summed E-state index contributed by atoms with van der Waals surface area (Å²) < 4.78 is 6.27. The van der Waals surface area contributed by atoms with Crippen molar-refractivity contribution in [3.05, 3.63) is 29.1 Å². The molecule has 0 amide bonds. The van der Waals surface area contributed by atoms with Crippen molar-refractivity contribution >= 4 is 21.4 Å². The number of methoxy groups -OCH3 is 1. The van der Waals surface area contributed by atoms with Gasteiger partial charge in [0.05, 0.1) is 7.11 Å². The summed E-state index contributed by atoms with van der Waals surface area (Å²) in [6.45, 7) is 0. The Morgan fingerprint density at radius 3 is 2.85 bits per heavy atom. The van der Waals surface area contributed by atoms with Crippen LogP contribution in [0.2, 0.25) is 0 Å². The lowest BCUT2D eigenvalue weighted by Gasteiger charge is -1.95. The van der Waals surface area contributed by atoms with Crippen LogP contribution in [0.15, 0.2) is 24.3 Å². The number of hydrogen-bond donors (Lipinski definition) is 0. The van der Waals surface area contributed by atoms with Crippen LogP contribution in [0, 0.1) is 11.3 Å². The number of hydrogen-bond acceptors (Lipinski definition) is 3. The Kier molecular flexibility index (Phi) is 1.91. The Bertz CT molecular complexity index is 481. The minimum atomic E-state index is 0.642. The molecule has 64 valence electrons. The number of nitrogens with zero attached hydrogens (tertiary/aromatic N) is 1. The van der Waals surface area contributed by atoms with Crippen molar-refractivity contribution in [3.63, 3.8) is 0 Å². The van der Waals surface area contributed by atoms with Gasteiger partial charge in [-0.15, -0.1) is 11.3 Å². The molecular weight excluding hydrogens is 182 g/mol. The lowest BCUT2D eigenvalue weighted by molar-refractivity contribution is 0.420. The lowest BCUT2D eigenvalue weighted by atomic mass is 10.2. The zero-order chi connectivity index (χ0) is 9.26. The van der Waals surface area contributed by atoms with Gasteiger partial charge in [-0.25, -0.2) is 0 Å². The molecule has 1 heterocycles. The van der Waals surface area contributed by atoms with Gasteiger partial charge in [0.1, 0.15) is 10.9 Å². The second-order valence-corrected chi connectivity index (χ2v) is 3.62. The standard InChI is InChI=1S/C10H7NOS/c1-12-10-7-4-2-3-5-8(7)13-9(10)6-11/h2-5H,1H3. The van der Waals surface area contributed by atoms with Crippen molar-refractivity contribution in [2.75, 3.05) is 7.11 Å². The first-order valence-electron chi connectivity index (χ1n) is 3.82. The SMILES string of the molecule is COc1c(C#N)sc2ccccc12. The zero-order valence-electron chi connectivity index (χ0n) is 7.07. The summed E-state index contributed by atoms with van der Waals surface area (Å²) in [4.78, 5) is 0.642. The molecule has 0 unspecified atom stereocenters. The Morgan fingerprint density at radius 2 is 2.15 bits per heavy atom. The van der Waals surface area contributed by atoms with Crippen LogP contribution in [0.5, 0.6) is 5.75 Å². The first-order chi connectivity index (χ1) is 6.36. The Labute approximate surface area is 80.0 Å². The molecule has 1 aromatic heterocycles. The van der Waals surface area contributed by atoms with Gasteiger partial charge < -0.3 is 4.74 Å². The van der Waals surface area contributed by atoms with Crippen molar-refractivity contribution < 1.29 is 4.74 Å². The van der Waals surface area contributed by atoms with Crippen LogP contribution < -0.4 is 4.74 Å². The summed E-state index contributed by atoms with van der Waals surface area (Å²) in [5.41, 5.74) is 0. The fraction of sp³-hybridized carbons (Fsp3) is 0.100. The van der Waals surface area contributed by atoms with E-state index in [-0.39, 0.29) is 0 Å². The first kappa shape index (κ1) is 8.09. The first-order valence-corrected chi connectivity index (χ1v) is 4.64. The molecule has 0 radical (unpaired) electrons. The van der Waals surface area contributed by atoms with Gasteiger partial charge in [0.25, 0.3) is 0 Å².